The van der Waals surface area contributed by atoms with Gasteiger partial charge in [-0.2, -0.15) is 0 Å². The maximum atomic E-state index is 11.5. The average molecular weight is 282 g/mol. The second-order valence-electron chi connectivity index (χ2n) is 4.16. The van der Waals surface area contributed by atoms with Crippen molar-refractivity contribution in [3.05, 3.63) is 0 Å². The second kappa shape index (κ2) is 7.22. The summed E-state index contributed by atoms with van der Waals surface area (Å²) < 4.78 is 9.82. The van der Waals surface area contributed by atoms with Crippen molar-refractivity contribution in [2.45, 2.75) is 36.8 Å². The number of carbonyl (C=O) groups is 1. The van der Waals surface area contributed by atoms with Gasteiger partial charge in [-0.15, -0.1) is 0 Å². The monoisotopic (exact) mass is 282 g/mol. The molecule has 1 heterocycles. The predicted octanol–water partition coefficient (Wildman–Crippen LogP) is -4.27. The summed E-state index contributed by atoms with van der Waals surface area (Å²) in [6.45, 7) is -1.97. The van der Waals surface area contributed by atoms with Gasteiger partial charge in [-0.05, 0) is 0 Å². The molecule has 6 atom stereocenters. The van der Waals surface area contributed by atoms with Gasteiger partial charge >= 0.3 is 0 Å². The van der Waals surface area contributed by atoms with Crippen LogP contribution in [0.25, 0.3) is 0 Å². The lowest BCUT2D eigenvalue weighted by Gasteiger charge is -2.36. The Bertz CT molecular complexity index is 297. The number of ketones is 1. The van der Waals surface area contributed by atoms with Crippen LogP contribution in [0.2, 0.25) is 0 Å². The third kappa shape index (κ3) is 3.91. The van der Waals surface area contributed by atoms with Crippen LogP contribution in [0.5, 0.6) is 0 Å². The van der Waals surface area contributed by atoms with Crippen LogP contribution in [0, 0.1) is 0 Å². The first-order chi connectivity index (χ1) is 8.92. The Labute approximate surface area is 108 Å². The lowest BCUT2D eigenvalue weighted by atomic mass is 10.1. The number of aliphatic hydroxyl groups excluding tert-OH is 6. The number of Topliss-reactive ketones (excluding diaryl/α,β-unsaturated/α-hetero) is 1. The van der Waals surface area contributed by atoms with E-state index in [1.54, 1.807) is 0 Å². The van der Waals surface area contributed by atoms with Gasteiger partial charge in [0.05, 0.1) is 19.8 Å². The zero-order valence-electron chi connectivity index (χ0n) is 9.99. The van der Waals surface area contributed by atoms with Crippen molar-refractivity contribution in [1.29, 1.82) is 0 Å². The molecule has 0 amide bonds. The van der Waals surface area contributed by atoms with Crippen molar-refractivity contribution in [2.75, 3.05) is 19.8 Å². The van der Waals surface area contributed by atoms with Crippen LogP contribution in [0.4, 0.5) is 0 Å². The second-order valence-corrected chi connectivity index (χ2v) is 4.16. The fourth-order valence-corrected chi connectivity index (χ4v) is 1.57. The molecule has 1 aliphatic heterocycles. The summed E-state index contributed by atoms with van der Waals surface area (Å²) in [6.07, 6.45) is -9.11. The average Bonchev–Trinajstić information content (AvgIpc) is 2.42. The molecule has 0 aromatic carbocycles. The van der Waals surface area contributed by atoms with Crippen LogP contribution in [0.15, 0.2) is 0 Å². The molecule has 1 aliphatic rings. The van der Waals surface area contributed by atoms with E-state index in [1.807, 2.05) is 0 Å². The maximum absolute atomic E-state index is 11.5. The van der Waals surface area contributed by atoms with E-state index in [2.05, 4.69) is 0 Å². The summed E-state index contributed by atoms with van der Waals surface area (Å²) in [5.41, 5.74) is 0. The third-order valence-corrected chi connectivity index (χ3v) is 2.74. The van der Waals surface area contributed by atoms with E-state index < -0.39 is 55.8 Å². The van der Waals surface area contributed by atoms with Crippen LogP contribution in [-0.4, -0.2) is 93.1 Å². The molecule has 0 aliphatic carbocycles. The SMILES string of the molecule is O=C([C@@H](O)CO)[C@@H](CO)O[C@@H]1OC[C@@H](O)[C@H](O)[C@H]1O. The molecule has 6 N–H and O–H groups in total. The van der Waals surface area contributed by atoms with Gasteiger partial charge in [0, 0.05) is 0 Å². The molecule has 0 radical (unpaired) electrons. The highest BCUT2D eigenvalue weighted by molar-refractivity contribution is 5.87. The quantitative estimate of drug-likeness (QED) is 0.284. The third-order valence-electron chi connectivity index (χ3n) is 2.74. The van der Waals surface area contributed by atoms with E-state index in [0.717, 1.165) is 0 Å². The predicted molar refractivity (Wildman–Crippen MR) is 57.8 cm³/mol. The van der Waals surface area contributed by atoms with E-state index in [0.29, 0.717) is 0 Å². The normalized spacial score (nSPS) is 34.8. The topological polar surface area (TPSA) is 157 Å². The number of carbonyl (C=O) groups excluding carboxylic acids is 1. The standard InChI is InChI=1S/C10H18O9/c11-1-4(13)7(15)6(2-12)19-10-9(17)8(16)5(14)3-18-10/h4-6,8-14,16-17H,1-3H2/t4-,5+,6+,8-,9+,10-/m0/s1. The Morgan fingerprint density at radius 2 is 1.84 bits per heavy atom. The van der Waals surface area contributed by atoms with Gasteiger partial charge in [0.25, 0.3) is 0 Å². The number of hydrogen-bond acceptors (Lipinski definition) is 9. The molecule has 112 valence electrons. The van der Waals surface area contributed by atoms with Crippen LogP contribution in [-0.2, 0) is 14.3 Å². The van der Waals surface area contributed by atoms with Gasteiger partial charge in [-0.1, -0.05) is 0 Å². The first kappa shape index (κ1) is 16.4. The van der Waals surface area contributed by atoms with Gasteiger partial charge < -0.3 is 40.1 Å². The molecule has 0 bridgehead atoms. The molecular formula is C10H18O9. The zero-order valence-corrected chi connectivity index (χ0v) is 9.99. The van der Waals surface area contributed by atoms with Gasteiger partial charge in [0.15, 0.2) is 12.1 Å². The van der Waals surface area contributed by atoms with Crippen molar-refractivity contribution >= 4 is 5.78 Å². The highest BCUT2D eigenvalue weighted by Crippen LogP contribution is 2.18. The Morgan fingerprint density at radius 3 is 2.37 bits per heavy atom. The highest BCUT2D eigenvalue weighted by atomic mass is 16.7. The highest BCUT2D eigenvalue weighted by Gasteiger charge is 2.40. The van der Waals surface area contributed by atoms with Crippen LogP contribution in [0.1, 0.15) is 0 Å². The van der Waals surface area contributed by atoms with Crippen molar-refractivity contribution in [3.8, 4) is 0 Å². The van der Waals surface area contributed by atoms with Gasteiger partial charge in [0.1, 0.15) is 30.5 Å². The molecule has 9 heteroatoms. The minimum atomic E-state index is -1.73. The summed E-state index contributed by atoms with van der Waals surface area (Å²) in [4.78, 5) is 11.5. The fourth-order valence-electron chi connectivity index (χ4n) is 1.57. The van der Waals surface area contributed by atoms with Crippen molar-refractivity contribution in [3.63, 3.8) is 0 Å². The van der Waals surface area contributed by atoms with Gasteiger partial charge in [0.2, 0.25) is 0 Å². The summed E-state index contributed by atoms with van der Waals surface area (Å²) in [6, 6.07) is 0. The Hall–Kier alpha value is -0.650. The van der Waals surface area contributed by atoms with E-state index in [4.69, 9.17) is 24.8 Å². The summed E-state index contributed by atoms with van der Waals surface area (Å²) in [5, 5.41) is 54.9. The van der Waals surface area contributed by atoms with Crippen LogP contribution >= 0.6 is 0 Å². The number of ether oxygens (including phenoxy) is 2. The number of hydrogen-bond donors (Lipinski definition) is 6. The minimum absolute atomic E-state index is 0.322. The number of aliphatic hydroxyl groups is 6. The lowest BCUT2D eigenvalue weighted by molar-refractivity contribution is -0.282. The first-order valence-corrected chi connectivity index (χ1v) is 5.67. The summed E-state index contributed by atoms with van der Waals surface area (Å²) in [7, 11) is 0. The van der Waals surface area contributed by atoms with E-state index in [1.165, 1.54) is 0 Å². The van der Waals surface area contributed by atoms with Gasteiger partial charge in [-0.3, -0.25) is 4.79 Å². The van der Waals surface area contributed by atoms with E-state index in [9.17, 15) is 20.1 Å². The Morgan fingerprint density at radius 1 is 1.21 bits per heavy atom. The summed E-state index contributed by atoms with van der Waals surface area (Å²) in [5.74, 6) is -0.985. The Balaban J connectivity index is 2.63. The van der Waals surface area contributed by atoms with Crippen molar-refractivity contribution < 1.29 is 44.9 Å². The van der Waals surface area contributed by atoms with E-state index >= 15 is 0 Å². The largest absolute Gasteiger partial charge is 0.393 e. The number of rotatable bonds is 6. The minimum Gasteiger partial charge on any atom is -0.393 e. The zero-order chi connectivity index (χ0) is 14.6. The molecule has 9 nitrogen and oxygen atoms in total. The van der Waals surface area contributed by atoms with Crippen molar-refractivity contribution in [2.24, 2.45) is 0 Å². The molecular weight excluding hydrogens is 264 g/mol. The molecule has 19 heavy (non-hydrogen) atoms. The molecule has 1 saturated heterocycles. The molecule has 1 fully saturated rings. The maximum Gasteiger partial charge on any atom is 0.194 e. The Kier molecular flexibility index (Phi) is 6.23. The molecule has 1 rings (SSSR count). The molecule has 0 aromatic heterocycles. The first-order valence-electron chi connectivity index (χ1n) is 5.67. The lowest BCUT2D eigenvalue weighted by Crippen LogP contribution is -2.55. The smallest absolute Gasteiger partial charge is 0.194 e. The molecule has 0 aromatic rings. The van der Waals surface area contributed by atoms with Crippen LogP contribution in [0.3, 0.4) is 0 Å². The van der Waals surface area contributed by atoms with Crippen molar-refractivity contribution in [1.82, 2.24) is 0 Å². The fraction of sp³-hybridized carbons (Fsp3) is 0.900. The summed E-state index contributed by atoms with van der Waals surface area (Å²) >= 11 is 0. The van der Waals surface area contributed by atoms with Crippen LogP contribution < -0.4 is 0 Å². The molecule has 0 saturated carbocycles. The van der Waals surface area contributed by atoms with E-state index in [-0.39, 0.29) is 6.61 Å². The van der Waals surface area contributed by atoms with Gasteiger partial charge in [-0.25, -0.2) is 0 Å². The molecule has 0 unspecified atom stereocenters. The molecule has 0 spiro atoms.